The van der Waals surface area contributed by atoms with E-state index >= 15 is 0 Å². The molecule has 0 aliphatic carbocycles. The van der Waals surface area contributed by atoms with Gasteiger partial charge in [-0.05, 0) is 13.5 Å². The van der Waals surface area contributed by atoms with Gasteiger partial charge in [-0.1, -0.05) is 5.92 Å². The van der Waals surface area contributed by atoms with Crippen LogP contribution in [0.1, 0.15) is 6.92 Å². The van der Waals surface area contributed by atoms with Crippen LogP contribution in [0.15, 0.2) is 0 Å². The molecule has 0 rings (SSSR count). The molecule has 0 fully saturated rings. The van der Waals surface area contributed by atoms with Gasteiger partial charge in [0, 0.05) is 0 Å². The van der Waals surface area contributed by atoms with Crippen LogP contribution in [0.25, 0.3) is 0 Å². The molecule has 0 unspecified atom stereocenters. The molecule has 0 aliphatic rings. The summed E-state index contributed by atoms with van der Waals surface area (Å²) < 4.78 is 4.93. The van der Waals surface area contributed by atoms with E-state index in [0.717, 1.165) is 0 Å². The monoisotopic (exact) mass is 112 g/mol. The molecule has 1 nitrogen and oxygen atoms in total. The molecule has 0 aromatic rings. The number of rotatable bonds is 2. The second kappa shape index (κ2) is 5.74. The zero-order valence-electron chi connectivity index (χ0n) is 4.62. The van der Waals surface area contributed by atoms with Crippen molar-refractivity contribution in [2.45, 2.75) is 13.5 Å². The second-order valence-corrected chi connectivity index (χ2v) is 1.62. The van der Waals surface area contributed by atoms with Gasteiger partial charge in [-0.3, -0.25) is 0 Å². The Labute approximate surface area is 47.0 Å². The van der Waals surface area contributed by atoms with E-state index in [2.05, 4.69) is 11.8 Å². The summed E-state index contributed by atoms with van der Waals surface area (Å²) in [7, 11) is 0.565. The fourth-order valence-corrected chi connectivity index (χ4v) is 0.397. The minimum atomic E-state index is 0.565. The van der Waals surface area contributed by atoms with Crippen molar-refractivity contribution in [1.29, 1.82) is 0 Å². The van der Waals surface area contributed by atoms with E-state index in [-0.39, 0.29) is 0 Å². The lowest BCUT2D eigenvalue weighted by Gasteiger charge is -1.85. The first kappa shape index (κ1) is 6.74. The largest absolute Gasteiger partial charge is 0.407 e. The molecule has 7 heavy (non-hydrogen) atoms. The minimum absolute atomic E-state index is 0.565. The van der Waals surface area contributed by atoms with Crippen LogP contribution >= 0.6 is 0 Å². The van der Waals surface area contributed by atoms with Gasteiger partial charge in [-0.25, -0.2) is 0 Å². The van der Waals surface area contributed by atoms with Gasteiger partial charge in [0.1, 0.15) is 0 Å². The highest BCUT2D eigenvalue weighted by atomic mass is 28.2. The molecule has 0 aromatic carbocycles. The summed E-state index contributed by atoms with van der Waals surface area (Å²) in [5.74, 6) is 5.52. The quantitative estimate of drug-likeness (QED) is 0.290. The average Bonchev–Trinajstić information content (AvgIpc) is 1.69. The third kappa shape index (κ3) is 5.74. The van der Waals surface area contributed by atoms with Crippen LogP contribution in [0, 0.1) is 11.8 Å². The van der Waals surface area contributed by atoms with Crippen molar-refractivity contribution in [3.05, 3.63) is 0 Å². The molecule has 0 aliphatic heterocycles. The predicted octanol–water partition coefficient (Wildman–Crippen LogP) is 0.694. The normalized spacial score (nSPS) is 7.14. The molecule has 0 amide bonds. The number of hydrogen-bond donors (Lipinski definition) is 0. The fraction of sp³-hybridized carbons (Fsp3) is 0.600. The molecular formula is C5H8OSi. The van der Waals surface area contributed by atoms with Crippen molar-refractivity contribution in [1.82, 2.24) is 0 Å². The highest BCUT2D eigenvalue weighted by Gasteiger charge is 1.72. The van der Waals surface area contributed by atoms with Gasteiger partial charge in [0.15, 0.2) is 0 Å². The Hall–Kier alpha value is -0.263. The topological polar surface area (TPSA) is 9.23 Å². The molecule has 38 valence electrons. The zero-order chi connectivity index (χ0) is 5.54. The van der Waals surface area contributed by atoms with Gasteiger partial charge in [-0.15, -0.1) is 5.92 Å². The Bertz CT molecular complexity index is 79.8. The maximum Gasteiger partial charge on any atom is 0.227 e. The third-order valence-electron chi connectivity index (χ3n) is 0.465. The van der Waals surface area contributed by atoms with Crippen molar-refractivity contribution in [3.8, 4) is 11.8 Å². The van der Waals surface area contributed by atoms with E-state index in [9.17, 15) is 0 Å². The highest BCUT2D eigenvalue weighted by molar-refractivity contribution is 6.24. The van der Waals surface area contributed by atoms with Crippen LogP contribution < -0.4 is 0 Å². The summed E-state index contributed by atoms with van der Waals surface area (Å²) in [4.78, 5) is 0. The molecule has 0 saturated heterocycles. The van der Waals surface area contributed by atoms with Crippen molar-refractivity contribution in [2.24, 2.45) is 0 Å². The summed E-state index contributed by atoms with van der Waals surface area (Å²) in [6, 6.07) is 0. The van der Waals surface area contributed by atoms with Gasteiger partial charge in [-0.2, -0.15) is 0 Å². The highest BCUT2D eigenvalue weighted by Crippen LogP contribution is 1.64. The van der Waals surface area contributed by atoms with Crippen molar-refractivity contribution >= 4 is 9.76 Å². The smallest absolute Gasteiger partial charge is 0.227 e. The Balaban J connectivity index is 2.78. The van der Waals surface area contributed by atoms with Gasteiger partial charge in [0.2, 0.25) is 9.76 Å². The molecule has 0 N–H and O–H groups in total. The predicted molar refractivity (Wildman–Crippen MR) is 31.0 cm³/mol. The molecule has 2 radical (unpaired) electrons. The molecular weight excluding hydrogens is 104 g/mol. The minimum Gasteiger partial charge on any atom is -0.407 e. The van der Waals surface area contributed by atoms with Gasteiger partial charge >= 0.3 is 0 Å². The van der Waals surface area contributed by atoms with Crippen LogP contribution in [-0.2, 0) is 4.43 Å². The lowest BCUT2D eigenvalue weighted by molar-refractivity contribution is 0.397. The van der Waals surface area contributed by atoms with Crippen molar-refractivity contribution in [2.75, 3.05) is 6.61 Å². The van der Waals surface area contributed by atoms with Crippen LogP contribution in [0.3, 0.4) is 0 Å². The van der Waals surface area contributed by atoms with Gasteiger partial charge in [0.25, 0.3) is 0 Å². The van der Waals surface area contributed by atoms with Gasteiger partial charge in [0.05, 0.1) is 6.61 Å². The molecule has 0 aromatic heterocycles. The molecule has 0 saturated carbocycles. The first-order chi connectivity index (χ1) is 3.41. The summed E-state index contributed by atoms with van der Waals surface area (Å²) >= 11 is 0. The van der Waals surface area contributed by atoms with Crippen molar-refractivity contribution in [3.63, 3.8) is 0 Å². The van der Waals surface area contributed by atoms with E-state index in [1.807, 2.05) is 13.5 Å². The first-order valence-corrected chi connectivity index (χ1v) is 3.50. The third-order valence-corrected chi connectivity index (χ3v) is 0.898. The maximum atomic E-state index is 4.93. The Morgan fingerprint density at radius 3 is 2.86 bits per heavy atom. The average molecular weight is 112 g/mol. The first-order valence-electron chi connectivity index (χ1n) is 2.10. The SMILES string of the molecule is CC#CCO[Si]C. The molecule has 2 heteroatoms. The molecule has 0 bridgehead atoms. The van der Waals surface area contributed by atoms with E-state index in [1.165, 1.54) is 0 Å². The van der Waals surface area contributed by atoms with E-state index < -0.39 is 0 Å². The standard InChI is InChI=1S/C5H8OSi/c1-3-4-5-6-7-2/h5H2,1-2H3. The van der Waals surface area contributed by atoms with E-state index in [1.54, 1.807) is 0 Å². The lowest BCUT2D eigenvalue weighted by atomic mass is 10.6. The summed E-state index contributed by atoms with van der Waals surface area (Å²) in [6.07, 6.45) is 0. The Kier molecular flexibility index (Phi) is 5.52. The molecule has 0 atom stereocenters. The van der Waals surface area contributed by atoms with Crippen LogP contribution in [-0.4, -0.2) is 16.4 Å². The van der Waals surface area contributed by atoms with Crippen LogP contribution in [0.5, 0.6) is 0 Å². The molecule has 0 heterocycles. The van der Waals surface area contributed by atoms with E-state index in [4.69, 9.17) is 4.43 Å². The Morgan fingerprint density at radius 2 is 2.43 bits per heavy atom. The fourth-order valence-electron chi connectivity index (χ4n) is 0.180. The Morgan fingerprint density at radius 1 is 1.71 bits per heavy atom. The van der Waals surface area contributed by atoms with Crippen LogP contribution in [0.4, 0.5) is 0 Å². The summed E-state index contributed by atoms with van der Waals surface area (Å²) in [6.45, 7) is 4.38. The van der Waals surface area contributed by atoms with Crippen LogP contribution in [0.2, 0.25) is 6.55 Å². The summed E-state index contributed by atoms with van der Waals surface area (Å²) in [5, 5.41) is 0. The summed E-state index contributed by atoms with van der Waals surface area (Å²) in [5.41, 5.74) is 0. The van der Waals surface area contributed by atoms with E-state index in [0.29, 0.717) is 16.4 Å². The number of hydrogen-bond acceptors (Lipinski definition) is 1. The maximum absolute atomic E-state index is 4.93. The van der Waals surface area contributed by atoms with Crippen molar-refractivity contribution < 1.29 is 4.43 Å². The van der Waals surface area contributed by atoms with Gasteiger partial charge < -0.3 is 4.43 Å². The zero-order valence-corrected chi connectivity index (χ0v) is 5.62. The molecule has 0 spiro atoms. The lowest BCUT2D eigenvalue weighted by Crippen LogP contribution is -1.91. The second-order valence-electron chi connectivity index (χ2n) is 0.920.